The molecule has 3 aliphatic heterocycles. The van der Waals surface area contributed by atoms with Crippen LogP contribution in [0.25, 0.3) is 0 Å². The van der Waals surface area contributed by atoms with Crippen LogP contribution < -0.4 is 43.2 Å². The third-order valence-corrected chi connectivity index (χ3v) is 11.3. The molecular weight excluding hydrogens is 818 g/mol. The van der Waals surface area contributed by atoms with E-state index in [9.17, 15) is 47.6 Å². The van der Waals surface area contributed by atoms with Crippen molar-refractivity contribution in [1.82, 2.24) is 25.1 Å². The summed E-state index contributed by atoms with van der Waals surface area (Å²) in [5, 5.41) is 18.2. The Kier molecular flexibility index (Phi) is 15.4. The summed E-state index contributed by atoms with van der Waals surface area (Å²) in [4.78, 5) is 90.9. The molecule has 22 nitrogen and oxygen atoms in total. The van der Waals surface area contributed by atoms with Crippen LogP contribution in [0.1, 0.15) is 64.7 Å². The molecule has 0 bridgehead atoms. The van der Waals surface area contributed by atoms with Crippen LogP contribution in [0.5, 0.6) is 5.75 Å². The molecule has 1 aromatic carbocycles. The van der Waals surface area contributed by atoms with Gasteiger partial charge in [0, 0.05) is 31.0 Å². The molecule has 2 aromatic rings. The number of amides is 4. The molecule has 60 heavy (non-hydrogen) atoms. The summed E-state index contributed by atoms with van der Waals surface area (Å²) in [5.74, 6) is -4.44. The number of benzene rings is 1. The van der Waals surface area contributed by atoms with Crippen LogP contribution in [0.15, 0.2) is 34.0 Å². The summed E-state index contributed by atoms with van der Waals surface area (Å²) in [6.45, 7) is 3.66. The van der Waals surface area contributed by atoms with E-state index in [0.717, 1.165) is 4.57 Å². The Balaban J connectivity index is 1.17. The number of nitrogens with one attached hydrogen (secondary N) is 4. The van der Waals surface area contributed by atoms with Gasteiger partial charge in [0.2, 0.25) is 29.4 Å². The number of aliphatic hydroxyl groups excluding tert-OH is 1. The molecule has 4 heterocycles. The number of H-pyrrole nitrogens is 1. The number of ether oxygens (including phenoxy) is 2. The molecule has 1 aromatic heterocycles. The van der Waals surface area contributed by atoms with Gasteiger partial charge in [-0.2, -0.15) is 4.39 Å². The van der Waals surface area contributed by atoms with Gasteiger partial charge in [0.05, 0.1) is 38.1 Å². The fraction of sp³-hybridized carbons (Fsp3) is 0.583. The summed E-state index contributed by atoms with van der Waals surface area (Å²) >= 11 is 0. The number of phosphoric ester groups is 1. The number of halogens is 1. The van der Waals surface area contributed by atoms with Crippen LogP contribution >= 0.6 is 7.82 Å². The number of unbranched alkanes of at least 4 members (excludes halogenated alkanes) is 1. The number of likely N-dealkylation sites (tertiary alicyclic amines) is 1. The highest BCUT2D eigenvalue weighted by atomic mass is 31.2. The molecular formula is C36H50FN8O14P. The number of rotatable bonds is 17. The number of carbonyl (C=O) groups excluding carboxylic acids is 5. The van der Waals surface area contributed by atoms with Gasteiger partial charge in [-0.25, -0.2) is 9.36 Å². The van der Waals surface area contributed by atoms with E-state index in [4.69, 9.17) is 34.5 Å². The first-order chi connectivity index (χ1) is 28.4. The number of anilines is 1. The molecule has 0 aliphatic carbocycles. The number of nitrogens with zero attached hydrogens (tertiary/aromatic N) is 2. The molecule has 0 spiro atoms. The van der Waals surface area contributed by atoms with E-state index in [1.807, 2.05) is 0 Å². The molecule has 4 amide bonds. The molecule has 9 N–H and O–H groups in total. The zero-order valence-electron chi connectivity index (χ0n) is 33.1. The summed E-state index contributed by atoms with van der Waals surface area (Å²) < 4.78 is 55.4. The fourth-order valence-corrected chi connectivity index (χ4v) is 7.91. The number of aromatic amines is 1. The third kappa shape index (κ3) is 11.6. The highest BCUT2D eigenvalue weighted by Gasteiger charge is 2.44. The van der Waals surface area contributed by atoms with E-state index >= 15 is 0 Å². The number of fused-ring (bicyclic) bond motifs is 1. The van der Waals surface area contributed by atoms with Crippen molar-refractivity contribution in [3.63, 3.8) is 0 Å². The first-order valence-electron chi connectivity index (χ1n) is 19.2. The molecule has 8 atom stereocenters. The Morgan fingerprint density at radius 1 is 1.15 bits per heavy atom. The van der Waals surface area contributed by atoms with Gasteiger partial charge in [0.1, 0.15) is 42.8 Å². The number of hydrogen-bond donors (Lipinski definition) is 7. The van der Waals surface area contributed by atoms with Crippen molar-refractivity contribution in [1.29, 1.82) is 0 Å². The smallest absolute Gasteiger partial charge is 0.459 e. The Labute approximate surface area is 342 Å². The Morgan fingerprint density at radius 3 is 2.60 bits per heavy atom. The van der Waals surface area contributed by atoms with Crippen LogP contribution in [0.2, 0.25) is 0 Å². The second-order valence-corrected chi connectivity index (χ2v) is 16.5. The normalized spacial score (nSPS) is 24.5. The number of aliphatic hydroxyl groups is 1. The Morgan fingerprint density at radius 2 is 1.90 bits per heavy atom. The van der Waals surface area contributed by atoms with E-state index in [-0.39, 0.29) is 43.3 Å². The minimum absolute atomic E-state index is 0.0854. The number of hydrogen-bond acceptors (Lipinski definition) is 16. The van der Waals surface area contributed by atoms with Gasteiger partial charge >= 0.3 is 19.5 Å². The van der Waals surface area contributed by atoms with Crippen molar-refractivity contribution < 1.29 is 61.1 Å². The Bertz CT molecular complexity index is 2100. The number of nitrogens with two attached hydrogens (primary N) is 2. The first-order valence-corrected chi connectivity index (χ1v) is 20.7. The van der Waals surface area contributed by atoms with E-state index in [1.54, 1.807) is 18.8 Å². The van der Waals surface area contributed by atoms with Crippen LogP contribution in [-0.4, -0.2) is 112 Å². The van der Waals surface area contributed by atoms with Crippen molar-refractivity contribution in [2.24, 2.45) is 17.4 Å². The van der Waals surface area contributed by atoms with E-state index in [1.165, 1.54) is 30.0 Å². The lowest BCUT2D eigenvalue weighted by atomic mass is 10.0. The maximum absolute atomic E-state index is 13.8. The number of phosphoric acid groups is 1. The fourth-order valence-electron chi connectivity index (χ4n) is 6.69. The average molecular weight is 869 g/mol. The lowest BCUT2D eigenvalue weighted by Crippen LogP contribution is -2.51. The predicted octanol–water partition coefficient (Wildman–Crippen LogP) is -0.758. The van der Waals surface area contributed by atoms with Crippen molar-refractivity contribution in [3.05, 3.63) is 56.6 Å². The third-order valence-electron chi connectivity index (χ3n) is 9.95. The monoisotopic (exact) mass is 868 g/mol. The molecule has 330 valence electrons. The zero-order valence-corrected chi connectivity index (χ0v) is 34.0. The zero-order chi connectivity index (χ0) is 43.9. The maximum Gasteiger partial charge on any atom is 0.530 e. The van der Waals surface area contributed by atoms with Crippen molar-refractivity contribution in [2.75, 3.05) is 31.6 Å². The van der Waals surface area contributed by atoms with Gasteiger partial charge in [0.15, 0.2) is 0 Å². The van der Waals surface area contributed by atoms with Gasteiger partial charge in [-0.3, -0.25) is 47.4 Å². The molecule has 2 saturated heterocycles. The summed E-state index contributed by atoms with van der Waals surface area (Å²) in [6, 6.07) is 1.36. The second-order valence-electron chi connectivity index (χ2n) is 14.9. The summed E-state index contributed by atoms with van der Waals surface area (Å²) in [6.07, 6.45) is -2.56. The predicted molar refractivity (Wildman–Crippen MR) is 206 cm³/mol. The Hall–Kier alpha value is -5.03. The topological polar surface area (TPSA) is 315 Å². The summed E-state index contributed by atoms with van der Waals surface area (Å²) in [7, 11) is -4.28. The number of aromatic nitrogens is 2. The van der Waals surface area contributed by atoms with Crippen molar-refractivity contribution in [2.45, 2.75) is 102 Å². The summed E-state index contributed by atoms with van der Waals surface area (Å²) in [5.41, 5.74) is 10.1. The minimum atomic E-state index is -4.28. The molecule has 24 heteroatoms. The lowest BCUT2D eigenvalue weighted by Gasteiger charge is -2.28. The largest absolute Gasteiger partial charge is 0.530 e. The molecule has 3 unspecified atom stereocenters. The van der Waals surface area contributed by atoms with Crippen LogP contribution in [0, 0.1) is 11.7 Å². The maximum atomic E-state index is 13.8. The highest BCUT2D eigenvalue weighted by molar-refractivity contribution is 7.49. The standard InChI is InChI=1S/C36H50FN8O14P/c1-18(2)31(39)35(52)44-14-22(57-30(48)13-40-33(50)24(41-19(3)46)6-4-5-9-38)11-25(44)34(51)42-21-7-8-27-20(10-21)16-55-60(54,59-27)56-17-28-26(47)12-29(58-28)45-15-23(37)32(49)43-36(45)53/h7-8,10,15,18,22,24-26,28-29,31,47H,4-6,9,11-14,16-17,38-39H2,1-3H3,(H,40,50)(H,41,46)(H,42,51)(H,43,49,53)/t22-,24-,25?,26+,28-,29-,31?,60?/m1/s1. The van der Waals surface area contributed by atoms with Crippen molar-refractivity contribution in [3.8, 4) is 5.75 Å². The SMILES string of the molecule is CC(=O)N[C@H](CCCCN)C(=O)NCC(=O)O[C@@H]1CC(C(=O)Nc2ccc3c(c2)COP(=O)(OC[C@H]2O[C@@H](n4cc(F)c(=O)[nH]c4=O)C[C@@H]2O)O3)N(C(=O)C(N)C(C)C)C1. The average Bonchev–Trinajstić information content (AvgIpc) is 3.79. The molecule has 2 fully saturated rings. The van der Waals surface area contributed by atoms with Gasteiger partial charge < -0.3 is 51.4 Å². The van der Waals surface area contributed by atoms with Gasteiger partial charge in [-0.1, -0.05) is 13.8 Å². The molecule has 5 rings (SSSR count). The second kappa shape index (κ2) is 20.0. The molecule has 3 aliphatic rings. The minimum Gasteiger partial charge on any atom is -0.459 e. The van der Waals surface area contributed by atoms with Gasteiger partial charge in [-0.05, 0) is 49.9 Å². The van der Waals surface area contributed by atoms with Gasteiger partial charge in [0.25, 0.3) is 5.56 Å². The van der Waals surface area contributed by atoms with Crippen molar-refractivity contribution >= 4 is 43.1 Å². The van der Waals surface area contributed by atoms with Crippen LogP contribution in [0.3, 0.4) is 0 Å². The first kappa shape index (κ1) is 46.0. The van der Waals surface area contributed by atoms with E-state index in [0.29, 0.717) is 37.6 Å². The van der Waals surface area contributed by atoms with Gasteiger partial charge in [-0.15, -0.1) is 0 Å². The lowest BCUT2D eigenvalue weighted by molar-refractivity contribution is -0.149. The quantitative estimate of drug-likeness (QED) is 0.0584. The van der Waals surface area contributed by atoms with E-state index in [2.05, 4.69) is 16.0 Å². The number of carbonyl (C=O) groups is 5. The molecule has 0 radical (unpaired) electrons. The van der Waals surface area contributed by atoms with Crippen LogP contribution in [-0.2, 0) is 53.7 Å². The molecule has 0 saturated carbocycles. The van der Waals surface area contributed by atoms with E-state index < -0.39 is 110 Å². The highest BCUT2D eigenvalue weighted by Crippen LogP contribution is 2.55. The number of esters is 1. The van der Waals surface area contributed by atoms with Crippen LogP contribution in [0.4, 0.5) is 10.1 Å².